The van der Waals surface area contributed by atoms with Crippen LogP contribution in [0.4, 0.5) is 23.7 Å². The van der Waals surface area contributed by atoms with Crippen LogP contribution in [0, 0.1) is 5.92 Å². The minimum atomic E-state index is -4.47. The van der Waals surface area contributed by atoms with Crippen LogP contribution in [-0.4, -0.2) is 30.6 Å². The van der Waals surface area contributed by atoms with Crippen molar-refractivity contribution in [1.82, 2.24) is 0 Å². The number of hydrogen-bond acceptors (Lipinski definition) is 5. The average Bonchev–Trinajstić information content (AvgIpc) is 2.57. The smallest absolute Gasteiger partial charge is 0.416 e. The minimum absolute atomic E-state index is 0.0677. The summed E-state index contributed by atoms with van der Waals surface area (Å²) in [6.07, 6.45) is -5.73. The molecule has 9 heteroatoms. The molecule has 0 spiro atoms. The number of benzene rings is 1. The first-order valence-electron chi connectivity index (χ1n) is 8.80. The maximum Gasteiger partial charge on any atom is 0.416 e. The van der Waals surface area contributed by atoms with Gasteiger partial charge in [-0.2, -0.15) is 13.2 Å². The van der Waals surface area contributed by atoms with Crippen LogP contribution in [0.1, 0.15) is 45.6 Å². The van der Waals surface area contributed by atoms with Crippen LogP contribution in [0.2, 0.25) is 0 Å². The van der Waals surface area contributed by atoms with E-state index in [0.717, 1.165) is 24.3 Å². The van der Waals surface area contributed by atoms with Crippen molar-refractivity contribution in [1.29, 1.82) is 0 Å². The average molecular weight is 403 g/mol. The molecule has 0 unspecified atom stereocenters. The van der Waals surface area contributed by atoms with Gasteiger partial charge in [0.2, 0.25) is 0 Å². The zero-order valence-electron chi connectivity index (χ0n) is 16.0. The molecule has 0 aromatic heterocycles. The van der Waals surface area contributed by atoms with E-state index >= 15 is 0 Å². The molecule has 156 valence electrons. The molecule has 1 N–H and O–H groups in total. The first kappa shape index (κ1) is 23.5. The van der Waals surface area contributed by atoms with Crippen LogP contribution in [0.25, 0.3) is 0 Å². The fraction of sp³-hybridized carbons (Fsp3) is 0.526. The number of ketones is 1. The minimum Gasteiger partial charge on any atom is -0.466 e. The number of esters is 1. The second-order valence-electron chi connectivity index (χ2n) is 6.63. The number of carbonyl (C=O) groups excluding carboxylic acids is 3. The van der Waals surface area contributed by atoms with E-state index in [2.05, 4.69) is 5.32 Å². The van der Waals surface area contributed by atoms with E-state index in [1.807, 2.05) is 13.8 Å². The number of anilines is 1. The highest BCUT2D eigenvalue weighted by atomic mass is 19.4. The first-order valence-corrected chi connectivity index (χ1v) is 8.80. The van der Waals surface area contributed by atoms with Crippen molar-refractivity contribution < 1.29 is 37.0 Å². The fourth-order valence-corrected chi connectivity index (χ4v) is 2.32. The summed E-state index contributed by atoms with van der Waals surface area (Å²) in [6, 6.07) is 3.87. The van der Waals surface area contributed by atoms with Crippen LogP contribution in [-0.2, 0) is 25.2 Å². The van der Waals surface area contributed by atoms with Crippen LogP contribution < -0.4 is 5.32 Å². The molecule has 1 rings (SSSR count). The van der Waals surface area contributed by atoms with E-state index < -0.39 is 29.9 Å². The molecule has 1 atom stereocenters. The van der Waals surface area contributed by atoms with E-state index in [1.54, 1.807) is 0 Å². The predicted molar refractivity (Wildman–Crippen MR) is 95.7 cm³/mol. The van der Waals surface area contributed by atoms with Crippen molar-refractivity contribution in [2.45, 2.75) is 52.3 Å². The van der Waals surface area contributed by atoms with Crippen molar-refractivity contribution in [3.63, 3.8) is 0 Å². The van der Waals surface area contributed by atoms with Crippen molar-refractivity contribution in [3.8, 4) is 0 Å². The summed E-state index contributed by atoms with van der Waals surface area (Å²) < 4.78 is 47.6. The summed E-state index contributed by atoms with van der Waals surface area (Å²) >= 11 is 0. The van der Waals surface area contributed by atoms with E-state index in [0.29, 0.717) is 12.8 Å². The third-order valence-corrected chi connectivity index (χ3v) is 3.63. The Morgan fingerprint density at radius 3 is 2.21 bits per heavy atom. The van der Waals surface area contributed by atoms with E-state index in [-0.39, 0.29) is 30.4 Å². The quantitative estimate of drug-likeness (QED) is 0.482. The molecule has 28 heavy (non-hydrogen) atoms. The third-order valence-electron chi connectivity index (χ3n) is 3.63. The highest BCUT2D eigenvalue weighted by Gasteiger charge is 2.30. The van der Waals surface area contributed by atoms with Crippen LogP contribution in [0.15, 0.2) is 24.3 Å². The lowest BCUT2D eigenvalue weighted by atomic mass is 10.0. The Bertz CT molecular complexity index is 671. The lowest BCUT2D eigenvalue weighted by molar-refractivity contribution is -0.141. The number of rotatable bonds is 9. The number of hydrogen-bond donors (Lipinski definition) is 1. The zero-order chi connectivity index (χ0) is 21.3. The van der Waals surface area contributed by atoms with E-state index in [4.69, 9.17) is 9.47 Å². The normalized spacial score (nSPS) is 12.4. The van der Waals surface area contributed by atoms with Gasteiger partial charge in [0.15, 0.2) is 11.9 Å². The van der Waals surface area contributed by atoms with Crippen molar-refractivity contribution in [2.75, 3.05) is 11.9 Å². The molecule has 0 aliphatic rings. The lowest BCUT2D eigenvalue weighted by Gasteiger charge is -2.19. The summed E-state index contributed by atoms with van der Waals surface area (Å²) in [6.45, 7) is 5.07. The van der Waals surface area contributed by atoms with Gasteiger partial charge in [-0.05, 0) is 43.0 Å². The second-order valence-corrected chi connectivity index (χ2v) is 6.63. The first-order chi connectivity index (χ1) is 13.0. The molecule has 1 amide bonds. The maximum atomic E-state index is 12.6. The molecule has 0 radical (unpaired) electrons. The second kappa shape index (κ2) is 10.7. The summed E-state index contributed by atoms with van der Waals surface area (Å²) in [5.74, 6) is -0.692. The van der Waals surface area contributed by atoms with E-state index in [1.165, 1.54) is 6.92 Å². The number of carbonyl (C=O) groups is 3. The fourth-order valence-electron chi connectivity index (χ4n) is 2.32. The predicted octanol–water partition coefficient (Wildman–Crippen LogP) is 4.58. The molecule has 0 aliphatic heterocycles. The highest BCUT2D eigenvalue weighted by molar-refractivity contribution is 5.89. The molecule has 0 fully saturated rings. The van der Waals surface area contributed by atoms with Gasteiger partial charge in [-0.1, -0.05) is 13.8 Å². The largest absolute Gasteiger partial charge is 0.466 e. The van der Waals surface area contributed by atoms with Gasteiger partial charge in [0, 0.05) is 19.0 Å². The standard InChI is InChI=1S/C19H24F3NO5/c1-12(2)11-17(16(25)5-4-10-27-13(3)24)28-18(26)23-15-8-6-14(7-9-15)19(20,21)22/h6-9,12,17H,4-5,10-11H2,1-3H3,(H,23,26)/t17-/m0/s1. The molecule has 0 bridgehead atoms. The highest BCUT2D eigenvalue weighted by Crippen LogP contribution is 2.29. The summed E-state index contributed by atoms with van der Waals surface area (Å²) in [5, 5.41) is 2.31. The van der Waals surface area contributed by atoms with Gasteiger partial charge in [0.05, 0.1) is 12.2 Å². The van der Waals surface area contributed by atoms with Gasteiger partial charge in [-0.25, -0.2) is 4.79 Å². The SMILES string of the molecule is CC(=O)OCCCC(=O)[C@H](CC(C)C)OC(=O)Nc1ccc(C(F)(F)F)cc1. The van der Waals surface area contributed by atoms with Gasteiger partial charge in [-0.15, -0.1) is 0 Å². The summed E-state index contributed by atoms with van der Waals surface area (Å²) in [5.41, 5.74) is -0.726. The summed E-state index contributed by atoms with van der Waals surface area (Å²) in [7, 11) is 0. The number of nitrogens with one attached hydrogen (secondary N) is 1. The van der Waals surface area contributed by atoms with Crippen molar-refractivity contribution >= 4 is 23.5 Å². The van der Waals surface area contributed by atoms with Crippen LogP contribution >= 0.6 is 0 Å². The number of amides is 1. The Balaban J connectivity index is 2.63. The Morgan fingerprint density at radius 1 is 1.11 bits per heavy atom. The molecular weight excluding hydrogens is 379 g/mol. The lowest BCUT2D eigenvalue weighted by Crippen LogP contribution is -2.31. The molecule has 6 nitrogen and oxygen atoms in total. The molecular formula is C19H24F3NO5. The number of ether oxygens (including phenoxy) is 2. The molecule has 0 aliphatic carbocycles. The van der Waals surface area contributed by atoms with Gasteiger partial charge >= 0.3 is 18.2 Å². The number of halogens is 3. The number of alkyl halides is 3. The molecule has 0 saturated carbocycles. The van der Waals surface area contributed by atoms with Crippen molar-refractivity contribution in [3.05, 3.63) is 29.8 Å². The third kappa shape index (κ3) is 8.88. The molecule has 1 aromatic carbocycles. The van der Waals surface area contributed by atoms with Crippen molar-refractivity contribution in [2.24, 2.45) is 5.92 Å². The Labute approximate surface area is 161 Å². The Morgan fingerprint density at radius 2 is 1.71 bits per heavy atom. The van der Waals surface area contributed by atoms with Crippen LogP contribution in [0.5, 0.6) is 0 Å². The van der Waals surface area contributed by atoms with E-state index in [9.17, 15) is 27.6 Å². The van der Waals surface area contributed by atoms with Gasteiger partial charge in [-0.3, -0.25) is 14.9 Å². The molecule has 1 aromatic rings. The zero-order valence-corrected chi connectivity index (χ0v) is 16.0. The monoisotopic (exact) mass is 403 g/mol. The maximum absolute atomic E-state index is 12.6. The van der Waals surface area contributed by atoms with Crippen LogP contribution in [0.3, 0.4) is 0 Å². The summed E-state index contributed by atoms with van der Waals surface area (Å²) in [4.78, 5) is 35.0. The van der Waals surface area contributed by atoms with Gasteiger partial charge in [0.25, 0.3) is 0 Å². The topological polar surface area (TPSA) is 81.7 Å². The Hall–Kier alpha value is -2.58. The molecule has 0 heterocycles. The number of Topliss-reactive ketones (excluding diaryl/α,β-unsaturated/α-hetero) is 1. The Kier molecular flexibility index (Phi) is 8.94. The van der Waals surface area contributed by atoms with Gasteiger partial charge in [0.1, 0.15) is 0 Å². The van der Waals surface area contributed by atoms with Gasteiger partial charge < -0.3 is 9.47 Å². The molecule has 0 saturated heterocycles.